The molecular weight excluding hydrogens is 268 g/mol. The number of hydrogen-bond donors (Lipinski definition) is 3. The minimum absolute atomic E-state index is 0.0567. The maximum absolute atomic E-state index is 11.9. The third-order valence-corrected chi connectivity index (χ3v) is 3.65. The van der Waals surface area contributed by atoms with Crippen LogP contribution < -0.4 is 10.6 Å². The van der Waals surface area contributed by atoms with Gasteiger partial charge in [0.1, 0.15) is 6.04 Å². The van der Waals surface area contributed by atoms with Crippen LogP contribution in [0.1, 0.15) is 39.2 Å². The molecule has 1 aromatic carbocycles. The fourth-order valence-electron chi connectivity index (χ4n) is 2.17. The van der Waals surface area contributed by atoms with Gasteiger partial charge in [-0.1, -0.05) is 32.9 Å². The molecule has 0 heterocycles. The van der Waals surface area contributed by atoms with Crippen LogP contribution in [0, 0.1) is 5.92 Å². The lowest BCUT2D eigenvalue weighted by Crippen LogP contribution is -2.44. The molecule has 21 heavy (non-hydrogen) atoms. The summed E-state index contributed by atoms with van der Waals surface area (Å²) in [7, 11) is 0. The monoisotopic (exact) mass is 290 g/mol. The Morgan fingerprint density at radius 2 is 1.76 bits per heavy atom. The molecule has 2 amide bonds. The Bertz CT molecular complexity index is 527. The Labute approximate surface area is 124 Å². The summed E-state index contributed by atoms with van der Waals surface area (Å²) in [4.78, 5) is 22.9. The molecule has 2 rings (SSSR count). The van der Waals surface area contributed by atoms with E-state index in [1.807, 2.05) is 24.3 Å². The molecule has 0 aromatic heterocycles. The van der Waals surface area contributed by atoms with E-state index in [2.05, 4.69) is 31.4 Å². The predicted octanol–water partition coefficient (Wildman–Crippen LogP) is 2.97. The number of carbonyl (C=O) groups is 2. The van der Waals surface area contributed by atoms with Crippen LogP contribution in [0.25, 0.3) is 0 Å². The molecule has 1 unspecified atom stereocenters. The molecule has 1 aliphatic carbocycles. The molecule has 1 aromatic rings. The van der Waals surface area contributed by atoms with Gasteiger partial charge in [0.05, 0.1) is 0 Å². The highest BCUT2D eigenvalue weighted by Gasteiger charge is 2.37. The number of anilines is 1. The van der Waals surface area contributed by atoms with Crippen LogP contribution in [0.4, 0.5) is 10.5 Å². The Balaban J connectivity index is 1.94. The van der Waals surface area contributed by atoms with Crippen molar-refractivity contribution in [3.8, 4) is 0 Å². The minimum atomic E-state index is -0.976. The van der Waals surface area contributed by atoms with Crippen LogP contribution >= 0.6 is 0 Å². The molecule has 5 heteroatoms. The summed E-state index contributed by atoms with van der Waals surface area (Å²) in [6, 6.07) is 6.31. The molecule has 0 bridgehead atoms. The second-order valence-corrected chi connectivity index (χ2v) is 6.58. The van der Waals surface area contributed by atoms with E-state index in [1.54, 1.807) is 0 Å². The van der Waals surface area contributed by atoms with Crippen molar-refractivity contribution in [1.82, 2.24) is 5.32 Å². The van der Waals surface area contributed by atoms with Crippen LogP contribution in [-0.2, 0) is 10.2 Å². The quantitative estimate of drug-likeness (QED) is 0.797. The van der Waals surface area contributed by atoms with Gasteiger partial charge >= 0.3 is 12.0 Å². The summed E-state index contributed by atoms with van der Waals surface area (Å²) in [5.74, 6) is -0.910. The predicted molar refractivity (Wildman–Crippen MR) is 81.4 cm³/mol. The second kappa shape index (κ2) is 5.76. The maximum atomic E-state index is 11.9. The maximum Gasteiger partial charge on any atom is 0.326 e. The van der Waals surface area contributed by atoms with E-state index in [4.69, 9.17) is 5.11 Å². The molecule has 5 nitrogen and oxygen atoms in total. The molecule has 1 aliphatic rings. The van der Waals surface area contributed by atoms with Crippen LogP contribution in [0.15, 0.2) is 24.3 Å². The van der Waals surface area contributed by atoms with Gasteiger partial charge in [0, 0.05) is 5.69 Å². The first-order valence-corrected chi connectivity index (χ1v) is 7.18. The van der Waals surface area contributed by atoms with E-state index in [0.29, 0.717) is 5.69 Å². The number of carboxylic acids is 1. The number of aliphatic carboxylic acids is 1. The molecular formula is C16H22N2O3. The number of urea groups is 1. The third kappa shape index (κ3) is 4.21. The summed E-state index contributed by atoms with van der Waals surface area (Å²) < 4.78 is 0. The van der Waals surface area contributed by atoms with E-state index in [0.717, 1.165) is 12.8 Å². The van der Waals surface area contributed by atoms with E-state index < -0.39 is 18.0 Å². The zero-order valence-corrected chi connectivity index (χ0v) is 12.6. The van der Waals surface area contributed by atoms with Crippen LogP contribution in [0.5, 0.6) is 0 Å². The average molecular weight is 290 g/mol. The molecule has 1 fully saturated rings. The van der Waals surface area contributed by atoms with Crippen molar-refractivity contribution < 1.29 is 14.7 Å². The highest BCUT2D eigenvalue weighted by molar-refractivity contribution is 5.92. The highest BCUT2D eigenvalue weighted by Crippen LogP contribution is 2.32. The van der Waals surface area contributed by atoms with Crippen molar-refractivity contribution in [3.63, 3.8) is 0 Å². The zero-order chi connectivity index (χ0) is 15.6. The first-order valence-electron chi connectivity index (χ1n) is 7.18. The molecule has 3 N–H and O–H groups in total. The standard InChI is InChI=1S/C16H22N2O3/c1-16(2,3)11-6-8-12(9-7-11)17-15(21)18-13(14(19)20)10-4-5-10/h6-10,13H,4-5H2,1-3H3,(H,19,20)(H2,17,18,21). The topological polar surface area (TPSA) is 78.4 Å². The van der Waals surface area contributed by atoms with Gasteiger partial charge in [-0.25, -0.2) is 9.59 Å². The second-order valence-electron chi connectivity index (χ2n) is 6.58. The third-order valence-electron chi connectivity index (χ3n) is 3.65. The molecule has 0 aliphatic heterocycles. The molecule has 0 saturated heterocycles. The number of nitrogens with one attached hydrogen (secondary N) is 2. The van der Waals surface area contributed by atoms with Gasteiger partial charge < -0.3 is 15.7 Å². The van der Waals surface area contributed by atoms with Gasteiger partial charge in [0.2, 0.25) is 0 Å². The lowest BCUT2D eigenvalue weighted by molar-refractivity contribution is -0.139. The van der Waals surface area contributed by atoms with Gasteiger partial charge in [-0.3, -0.25) is 0 Å². The van der Waals surface area contributed by atoms with Gasteiger partial charge in [-0.2, -0.15) is 0 Å². The first kappa shape index (κ1) is 15.4. The molecule has 1 saturated carbocycles. The SMILES string of the molecule is CC(C)(C)c1ccc(NC(=O)NC(C(=O)O)C2CC2)cc1. The smallest absolute Gasteiger partial charge is 0.326 e. The fraction of sp³-hybridized carbons (Fsp3) is 0.500. The van der Waals surface area contributed by atoms with Crippen molar-refractivity contribution in [2.45, 2.75) is 45.1 Å². The highest BCUT2D eigenvalue weighted by atomic mass is 16.4. The summed E-state index contributed by atoms with van der Waals surface area (Å²) >= 11 is 0. The van der Waals surface area contributed by atoms with E-state index in [-0.39, 0.29) is 11.3 Å². The Morgan fingerprint density at radius 1 is 1.19 bits per heavy atom. The van der Waals surface area contributed by atoms with E-state index >= 15 is 0 Å². The van der Waals surface area contributed by atoms with E-state index in [9.17, 15) is 9.59 Å². The molecule has 1 atom stereocenters. The lowest BCUT2D eigenvalue weighted by atomic mass is 9.87. The van der Waals surface area contributed by atoms with Crippen molar-refractivity contribution >= 4 is 17.7 Å². The zero-order valence-electron chi connectivity index (χ0n) is 12.6. The lowest BCUT2D eigenvalue weighted by Gasteiger charge is -2.19. The van der Waals surface area contributed by atoms with Crippen molar-refractivity contribution in [1.29, 1.82) is 0 Å². The fourth-order valence-corrected chi connectivity index (χ4v) is 2.17. The van der Waals surface area contributed by atoms with Crippen LogP contribution in [0.2, 0.25) is 0 Å². The number of amides is 2. The van der Waals surface area contributed by atoms with Crippen molar-refractivity contribution in [2.24, 2.45) is 5.92 Å². The largest absolute Gasteiger partial charge is 0.480 e. The summed E-state index contributed by atoms with van der Waals surface area (Å²) in [5, 5.41) is 14.3. The molecule has 0 radical (unpaired) electrons. The first-order chi connectivity index (χ1) is 9.77. The van der Waals surface area contributed by atoms with Gasteiger partial charge in [0.15, 0.2) is 0 Å². The van der Waals surface area contributed by atoms with E-state index in [1.165, 1.54) is 5.56 Å². The number of carboxylic acid groups (broad SMARTS) is 1. The number of hydrogen-bond acceptors (Lipinski definition) is 2. The molecule has 114 valence electrons. The number of rotatable bonds is 4. The summed E-state index contributed by atoms with van der Waals surface area (Å²) in [5.41, 5.74) is 1.89. The van der Waals surface area contributed by atoms with Gasteiger partial charge in [-0.15, -0.1) is 0 Å². The van der Waals surface area contributed by atoms with Gasteiger partial charge in [0.25, 0.3) is 0 Å². The van der Waals surface area contributed by atoms with Crippen LogP contribution in [0.3, 0.4) is 0 Å². The number of carbonyl (C=O) groups excluding carboxylic acids is 1. The Morgan fingerprint density at radius 3 is 2.19 bits per heavy atom. The Kier molecular flexibility index (Phi) is 4.21. The minimum Gasteiger partial charge on any atom is -0.480 e. The Hall–Kier alpha value is -2.04. The van der Waals surface area contributed by atoms with Crippen LogP contribution in [-0.4, -0.2) is 23.1 Å². The summed E-state index contributed by atoms with van der Waals surface area (Å²) in [6.45, 7) is 6.36. The van der Waals surface area contributed by atoms with Crippen molar-refractivity contribution in [3.05, 3.63) is 29.8 Å². The molecule has 0 spiro atoms. The normalized spacial score (nSPS) is 16.1. The van der Waals surface area contributed by atoms with Gasteiger partial charge in [-0.05, 0) is 41.9 Å². The average Bonchev–Trinajstić information content (AvgIpc) is 3.19. The van der Waals surface area contributed by atoms with Crippen molar-refractivity contribution in [2.75, 3.05) is 5.32 Å². The summed E-state index contributed by atoms with van der Waals surface area (Å²) in [6.07, 6.45) is 1.72. The number of benzene rings is 1.